The SMILES string of the molecule is CC1CCN(c2ccc(NCCC(=O)NC3CC3)cc2)CC1. The second-order valence-electron chi connectivity index (χ2n) is 6.74. The number of carbonyl (C=O) groups is 1. The van der Waals surface area contributed by atoms with Crippen LogP contribution < -0.4 is 15.5 Å². The van der Waals surface area contributed by atoms with E-state index < -0.39 is 0 Å². The molecule has 1 saturated heterocycles. The average molecular weight is 301 g/mol. The molecule has 2 aliphatic rings. The van der Waals surface area contributed by atoms with E-state index >= 15 is 0 Å². The number of carbonyl (C=O) groups excluding carboxylic acids is 1. The van der Waals surface area contributed by atoms with Gasteiger partial charge in [0, 0.05) is 43.5 Å². The van der Waals surface area contributed by atoms with Crippen LogP contribution in [0.25, 0.3) is 0 Å². The maximum Gasteiger partial charge on any atom is 0.221 e. The van der Waals surface area contributed by atoms with Crippen LogP contribution in [0.5, 0.6) is 0 Å². The molecule has 1 aromatic rings. The number of anilines is 2. The van der Waals surface area contributed by atoms with Gasteiger partial charge in [0.05, 0.1) is 0 Å². The lowest BCUT2D eigenvalue weighted by Crippen LogP contribution is -2.32. The number of hydrogen-bond donors (Lipinski definition) is 2. The summed E-state index contributed by atoms with van der Waals surface area (Å²) >= 11 is 0. The van der Waals surface area contributed by atoms with Crippen molar-refractivity contribution in [1.82, 2.24) is 5.32 Å². The lowest BCUT2D eigenvalue weighted by Gasteiger charge is -2.32. The van der Waals surface area contributed by atoms with Crippen molar-refractivity contribution in [3.05, 3.63) is 24.3 Å². The molecule has 1 aliphatic carbocycles. The summed E-state index contributed by atoms with van der Waals surface area (Å²) in [6.07, 6.45) is 5.42. The molecular weight excluding hydrogens is 274 g/mol. The normalized spacial score (nSPS) is 19.0. The fourth-order valence-corrected chi connectivity index (χ4v) is 2.90. The van der Waals surface area contributed by atoms with E-state index in [0.717, 1.165) is 37.5 Å². The Labute approximate surface area is 133 Å². The van der Waals surface area contributed by atoms with Gasteiger partial charge in [0.25, 0.3) is 0 Å². The van der Waals surface area contributed by atoms with Gasteiger partial charge in [-0.05, 0) is 55.9 Å². The van der Waals surface area contributed by atoms with Crippen molar-refractivity contribution in [2.24, 2.45) is 5.92 Å². The van der Waals surface area contributed by atoms with Crippen LogP contribution in [0, 0.1) is 5.92 Å². The van der Waals surface area contributed by atoms with Crippen molar-refractivity contribution < 1.29 is 4.79 Å². The van der Waals surface area contributed by atoms with Crippen molar-refractivity contribution in [2.75, 3.05) is 29.9 Å². The zero-order chi connectivity index (χ0) is 15.4. The van der Waals surface area contributed by atoms with Crippen LogP contribution >= 0.6 is 0 Å². The summed E-state index contributed by atoms with van der Waals surface area (Å²) in [6, 6.07) is 9.06. The molecule has 4 heteroatoms. The Morgan fingerprint density at radius 1 is 1.14 bits per heavy atom. The zero-order valence-electron chi connectivity index (χ0n) is 13.5. The fraction of sp³-hybridized carbons (Fsp3) is 0.611. The minimum atomic E-state index is 0.161. The zero-order valence-corrected chi connectivity index (χ0v) is 13.5. The predicted molar refractivity (Wildman–Crippen MR) is 91.3 cm³/mol. The number of hydrogen-bond acceptors (Lipinski definition) is 3. The van der Waals surface area contributed by atoms with Gasteiger partial charge >= 0.3 is 0 Å². The molecule has 2 N–H and O–H groups in total. The molecule has 1 aromatic carbocycles. The predicted octanol–water partition coefficient (Wildman–Crippen LogP) is 3.00. The van der Waals surface area contributed by atoms with Crippen molar-refractivity contribution in [3.63, 3.8) is 0 Å². The van der Waals surface area contributed by atoms with Gasteiger partial charge in [-0.1, -0.05) is 6.92 Å². The Kier molecular flexibility index (Phi) is 4.86. The molecule has 0 bridgehead atoms. The minimum absolute atomic E-state index is 0.161. The summed E-state index contributed by atoms with van der Waals surface area (Å²) in [5.41, 5.74) is 2.40. The van der Waals surface area contributed by atoms with E-state index in [9.17, 15) is 4.79 Å². The maximum absolute atomic E-state index is 11.6. The van der Waals surface area contributed by atoms with Gasteiger partial charge in [-0.25, -0.2) is 0 Å². The van der Waals surface area contributed by atoms with Gasteiger partial charge in [0.2, 0.25) is 5.91 Å². The molecule has 0 aromatic heterocycles. The van der Waals surface area contributed by atoms with E-state index in [1.165, 1.54) is 18.5 Å². The lowest BCUT2D eigenvalue weighted by atomic mass is 9.99. The maximum atomic E-state index is 11.6. The first-order valence-electron chi connectivity index (χ1n) is 8.59. The summed E-state index contributed by atoms with van der Waals surface area (Å²) in [5, 5.41) is 6.34. The molecule has 4 nitrogen and oxygen atoms in total. The quantitative estimate of drug-likeness (QED) is 0.849. The van der Waals surface area contributed by atoms with Crippen LogP contribution in [-0.2, 0) is 4.79 Å². The molecule has 0 radical (unpaired) electrons. The summed E-state index contributed by atoms with van der Waals surface area (Å²) in [4.78, 5) is 14.1. The largest absolute Gasteiger partial charge is 0.385 e. The Bertz CT molecular complexity index is 488. The summed E-state index contributed by atoms with van der Waals surface area (Å²) in [7, 11) is 0. The van der Waals surface area contributed by atoms with E-state index in [-0.39, 0.29) is 5.91 Å². The highest BCUT2D eigenvalue weighted by Crippen LogP contribution is 2.24. The molecule has 1 saturated carbocycles. The van der Waals surface area contributed by atoms with Crippen LogP contribution in [0.2, 0.25) is 0 Å². The van der Waals surface area contributed by atoms with E-state index in [1.54, 1.807) is 0 Å². The highest BCUT2D eigenvalue weighted by Gasteiger charge is 2.22. The van der Waals surface area contributed by atoms with Gasteiger partial charge in [-0.15, -0.1) is 0 Å². The standard InChI is InChI=1S/C18H27N3O/c1-14-9-12-21(13-10-14)17-6-4-15(5-7-17)19-11-8-18(22)20-16-2-3-16/h4-7,14,16,19H,2-3,8-13H2,1H3,(H,20,22). The summed E-state index contributed by atoms with van der Waals surface area (Å²) in [5.74, 6) is 1.02. The topological polar surface area (TPSA) is 44.4 Å². The fourth-order valence-electron chi connectivity index (χ4n) is 2.90. The molecule has 0 spiro atoms. The Morgan fingerprint density at radius 2 is 1.82 bits per heavy atom. The van der Waals surface area contributed by atoms with Crippen LogP contribution in [-0.4, -0.2) is 31.6 Å². The Morgan fingerprint density at radius 3 is 2.45 bits per heavy atom. The van der Waals surface area contributed by atoms with Gasteiger partial charge in [-0.2, -0.15) is 0 Å². The van der Waals surface area contributed by atoms with Crippen LogP contribution in [0.1, 0.15) is 39.0 Å². The highest BCUT2D eigenvalue weighted by molar-refractivity contribution is 5.77. The van der Waals surface area contributed by atoms with E-state index in [0.29, 0.717) is 19.0 Å². The third-order valence-corrected chi connectivity index (χ3v) is 4.64. The first kappa shape index (κ1) is 15.2. The van der Waals surface area contributed by atoms with Gasteiger partial charge in [0.1, 0.15) is 0 Å². The van der Waals surface area contributed by atoms with Crippen molar-refractivity contribution in [1.29, 1.82) is 0 Å². The molecule has 1 aliphatic heterocycles. The molecule has 120 valence electrons. The number of rotatable bonds is 6. The third-order valence-electron chi connectivity index (χ3n) is 4.64. The monoisotopic (exact) mass is 301 g/mol. The van der Waals surface area contributed by atoms with Crippen molar-refractivity contribution >= 4 is 17.3 Å². The number of nitrogens with zero attached hydrogens (tertiary/aromatic N) is 1. The Balaban J connectivity index is 1.41. The number of piperidine rings is 1. The van der Waals surface area contributed by atoms with E-state index in [1.807, 2.05) is 0 Å². The number of nitrogens with one attached hydrogen (secondary N) is 2. The third kappa shape index (κ3) is 4.39. The van der Waals surface area contributed by atoms with Crippen molar-refractivity contribution in [3.8, 4) is 0 Å². The van der Waals surface area contributed by atoms with Gasteiger partial charge in [0.15, 0.2) is 0 Å². The number of amides is 1. The molecule has 0 unspecified atom stereocenters. The smallest absolute Gasteiger partial charge is 0.221 e. The van der Waals surface area contributed by atoms with E-state index in [2.05, 4.69) is 46.7 Å². The summed E-state index contributed by atoms with van der Waals surface area (Å²) < 4.78 is 0. The second kappa shape index (κ2) is 7.03. The average Bonchev–Trinajstić information content (AvgIpc) is 3.33. The summed E-state index contributed by atoms with van der Waals surface area (Å²) in [6.45, 7) is 5.35. The molecule has 3 rings (SSSR count). The molecule has 1 heterocycles. The Hall–Kier alpha value is -1.71. The molecular formula is C18H27N3O. The number of benzene rings is 1. The highest BCUT2D eigenvalue weighted by atomic mass is 16.1. The first-order valence-corrected chi connectivity index (χ1v) is 8.59. The van der Waals surface area contributed by atoms with Gasteiger partial charge in [-0.3, -0.25) is 4.79 Å². The first-order chi connectivity index (χ1) is 10.7. The van der Waals surface area contributed by atoms with Crippen LogP contribution in [0.3, 0.4) is 0 Å². The van der Waals surface area contributed by atoms with E-state index in [4.69, 9.17) is 0 Å². The molecule has 1 amide bonds. The van der Waals surface area contributed by atoms with Crippen LogP contribution in [0.4, 0.5) is 11.4 Å². The minimum Gasteiger partial charge on any atom is -0.385 e. The van der Waals surface area contributed by atoms with Crippen LogP contribution in [0.15, 0.2) is 24.3 Å². The second-order valence-corrected chi connectivity index (χ2v) is 6.74. The molecule has 2 fully saturated rings. The molecule has 22 heavy (non-hydrogen) atoms. The molecule has 0 atom stereocenters. The van der Waals surface area contributed by atoms with Gasteiger partial charge < -0.3 is 15.5 Å². The van der Waals surface area contributed by atoms with Crippen molar-refractivity contribution in [2.45, 2.75) is 45.1 Å². The lowest BCUT2D eigenvalue weighted by molar-refractivity contribution is -0.120.